The average molecular weight is 520 g/mol. The second-order valence-electron chi connectivity index (χ2n) is 8.64. The number of hydrogen-bond acceptors (Lipinski definition) is 14. The summed E-state index contributed by atoms with van der Waals surface area (Å²) in [6.07, 6.45) is -15.8. The molecule has 2 heterocycles. The van der Waals surface area contributed by atoms with Crippen LogP contribution in [0, 0.1) is 6.92 Å². The number of aromatic hydroxyl groups is 1. The van der Waals surface area contributed by atoms with Gasteiger partial charge in [0.1, 0.15) is 71.6 Å². The van der Waals surface area contributed by atoms with E-state index in [1.807, 2.05) is 0 Å². The van der Waals surface area contributed by atoms with Crippen molar-refractivity contribution in [3.63, 3.8) is 0 Å². The van der Waals surface area contributed by atoms with Crippen LogP contribution in [0.5, 0.6) is 17.2 Å². The third-order valence-electron chi connectivity index (χ3n) is 6.23. The molecule has 0 amide bonds. The highest BCUT2D eigenvalue weighted by molar-refractivity contribution is 6.00. The van der Waals surface area contributed by atoms with Crippen molar-refractivity contribution in [3.8, 4) is 17.2 Å². The summed E-state index contributed by atoms with van der Waals surface area (Å²) >= 11 is 0. The van der Waals surface area contributed by atoms with Crippen LogP contribution in [0.2, 0.25) is 0 Å². The zero-order chi connectivity index (χ0) is 26.9. The molecule has 0 radical (unpaired) electrons. The lowest BCUT2D eigenvalue weighted by Gasteiger charge is -2.42. The topological polar surface area (TPSA) is 225 Å². The predicted octanol–water partition coefficient (Wildman–Crippen LogP) is -3.09. The van der Waals surface area contributed by atoms with Crippen LogP contribution in [-0.4, -0.2) is 128 Å². The number of rotatable bonds is 8. The molecule has 2 fully saturated rings. The number of benzene rings is 1. The van der Waals surface area contributed by atoms with E-state index in [1.165, 1.54) is 27.0 Å². The van der Waals surface area contributed by atoms with Crippen LogP contribution in [0.3, 0.4) is 0 Å². The molecule has 204 valence electrons. The highest BCUT2D eigenvalue weighted by atomic mass is 16.7. The number of methoxy groups -OCH3 is 1. The Labute approximate surface area is 205 Å². The maximum absolute atomic E-state index is 11.9. The number of ketones is 1. The molecule has 14 heteroatoms. The van der Waals surface area contributed by atoms with E-state index in [0.717, 1.165) is 0 Å². The molecule has 2 saturated heterocycles. The van der Waals surface area contributed by atoms with Gasteiger partial charge in [0.2, 0.25) is 6.29 Å². The van der Waals surface area contributed by atoms with Gasteiger partial charge in [-0.1, -0.05) is 0 Å². The summed E-state index contributed by atoms with van der Waals surface area (Å²) in [6.45, 7) is 1.47. The van der Waals surface area contributed by atoms with E-state index in [2.05, 4.69) is 0 Å². The normalized spacial score (nSPS) is 36.9. The Bertz CT molecular complexity index is 922. The van der Waals surface area contributed by atoms with Gasteiger partial charge in [-0.15, -0.1) is 0 Å². The number of aliphatic hydroxyl groups is 7. The molecule has 8 N–H and O–H groups in total. The minimum absolute atomic E-state index is 0.00557. The van der Waals surface area contributed by atoms with Gasteiger partial charge in [0, 0.05) is 11.6 Å². The monoisotopic (exact) mass is 520 g/mol. The molecule has 0 aliphatic carbocycles. The van der Waals surface area contributed by atoms with Crippen LogP contribution < -0.4 is 9.47 Å². The summed E-state index contributed by atoms with van der Waals surface area (Å²) < 4.78 is 27.0. The van der Waals surface area contributed by atoms with Crippen molar-refractivity contribution >= 4 is 5.78 Å². The Morgan fingerprint density at radius 3 is 2.00 bits per heavy atom. The quantitative estimate of drug-likeness (QED) is 0.159. The van der Waals surface area contributed by atoms with E-state index in [1.54, 1.807) is 0 Å². The first-order valence-corrected chi connectivity index (χ1v) is 11.1. The van der Waals surface area contributed by atoms with Crippen LogP contribution in [0.1, 0.15) is 22.8 Å². The number of phenols is 1. The zero-order valence-electron chi connectivity index (χ0n) is 19.8. The number of phenolic OH excluding ortho intramolecular Hbond substituents is 1. The average Bonchev–Trinajstić information content (AvgIpc) is 2.85. The van der Waals surface area contributed by atoms with Gasteiger partial charge in [-0.2, -0.15) is 0 Å². The lowest BCUT2D eigenvalue weighted by Crippen LogP contribution is -2.62. The summed E-state index contributed by atoms with van der Waals surface area (Å²) in [7, 11) is 1.28. The summed E-state index contributed by atoms with van der Waals surface area (Å²) in [6, 6.07) is 1.29. The molecule has 3 rings (SSSR count). The van der Waals surface area contributed by atoms with Crippen molar-refractivity contribution in [2.24, 2.45) is 0 Å². The van der Waals surface area contributed by atoms with Gasteiger partial charge in [0.05, 0.1) is 20.3 Å². The van der Waals surface area contributed by atoms with Crippen molar-refractivity contribution in [2.45, 2.75) is 75.3 Å². The minimum atomic E-state index is -1.76. The number of hydrogen-bond donors (Lipinski definition) is 8. The van der Waals surface area contributed by atoms with Crippen molar-refractivity contribution in [2.75, 3.05) is 20.3 Å². The van der Waals surface area contributed by atoms with Gasteiger partial charge < -0.3 is 64.5 Å². The zero-order valence-corrected chi connectivity index (χ0v) is 19.8. The number of carbonyl (C=O) groups is 1. The fraction of sp³-hybridized carbons (Fsp3) is 0.682. The van der Waals surface area contributed by atoms with E-state index in [0.29, 0.717) is 0 Å². The molecule has 0 saturated carbocycles. The molecule has 10 atom stereocenters. The van der Waals surface area contributed by atoms with Gasteiger partial charge in [-0.3, -0.25) is 4.79 Å². The fourth-order valence-corrected chi connectivity index (χ4v) is 4.02. The third-order valence-corrected chi connectivity index (χ3v) is 6.23. The molecule has 0 aromatic heterocycles. The smallest absolute Gasteiger partial charge is 0.229 e. The van der Waals surface area contributed by atoms with Crippen LogP contribution in [0.15, 0.2) is 6.07 Å². The van der Waals surface area contributed by atoms with Crippen LogP contribution >= 0.6 is 0 Å². The van der Waals surface area contributed by atoms with E-state index >= 15 is 0 Å². The first-order valence-electron chi connectivity index (χ1n) is 11.1. The minimum Gasteiger partial charge on any atom is -0.507 e. The maximum atomic E-state index is 11.9. The number of carbonyl (C=O) groups excluding carboxylic acids is 1. The molecule has 36 heavy (non-hydrogen) atoms. The molecular formula is C22H32O14. The van der Waals surface area contributed by atoms with E-state index < -0.39 is 86.2 Å². The summed E-state index contributed by atoms with van der Waals surface area (Å²) in [5.74, 6) is -0.924. The highest BCUT2D eigenvalue weighted by Crippen LogP contribution is 2.39. The van der Waals surface area contributed by atoms with Gasteiger partial charge in [-0.25, -0.2) is 0 Å². The van der Waals surface area contributed by atoms with Crippen LogP contribution in [0.4, 0.5) is 0 Å². The first-order chi connectivity index (χ1) is 16.9. The lowest BCUT2D eigenvalue weighted by atomic mass is 9.98. The second-order valence-corrected chi connectivity index (χ2v) is 8.64. The highest BCUT2D eigenvalue weighted by Gasteiger charge is 2.48. The van der Waals surface area contributed by atoms with Crippen molar-refractivity contribution < 1.29 is 69.3 Å². The van der Waals surface area contributed by atoms with E-state index in [4.69, 9.17) is 23.7 Å². The maximum Gasteiger partial charge on any atom is 0.229 e. The fourth-order valence-electron chi connectivity index (χ4n) is 4.02. The Hall–Kier alpha value is -2.11. The van der Waals surface area contributed by atoms with Gasteiger partial charge in [0.25, 0.3) is 0 Å². The predicted molar refractivity (Wildman–Crippen MR) is 116 cm³/mol. The number of aliphatic hydroxyl groups excluding tert-OH is 7. The molecule has 0 bridgehead atoms. The second kappa shape index (κ2) is 11.5. The van der Waals surface area contributed by atoms with Gasteiger partial charge in [-0.05, 0) is 13.8 Å². The molecular weight excluding hydrogens is 488 g/mol. The summed E-state index contributed by atoms with van der Waals surface area (Å²) in [5.41, 5.74) is 0.0419. The first kappa shape index (κ1) is 28.5. The SMILES string of the molecule is COc1cc(O[C@@H]2O[C@H](CO[C@@H]3O[C@H](CO)[C@@H](O)[C@H](O)[C@H]3O)[C@@H](O)[C@H](O)[C@H]2O)c(C)c(O)c1C(C)=O. The summed E-state index contributed by atoms with van der Waals surface area (Å²) in [4.78, 5) is 11.9. The van der Waals surface area contributed by atoms with Crippen LogP contribution in [0.25, 0.3) is 0 Å². The van der Waals surface area contributed by atoms with Gasteiger partial charge >= 0.3 is 0 Å². The Morgan fingerprint density at radius 2 is 1.44 bits per heavy atom. The Kier molecular flexibility index (Phi) is 9.11. The van der Waals surface area contributed by atoms with E-state index in [-0.39, 0.29) is 22.6 Å². The van der Waals surface area contributed by atoms with Crippen molar-refractivity contribution in [1.82, 2.24) is 0 Å². The lowest BCUT2D eigenvalue weighted by molar-refractivity contribution is -0.323. The number of Topliss-reactive ketones (excluding diaryl/α,β-unsaturated/α-hetero) is 1. The summed E-state index contributed by atoms with van der Waals surface area (Å²) in [5, 5.41) is 80.7. The van der Waals surface area contributed by atoms with Gasteiger partial charge in [0.15, 0.2) is 12.1 Å². The van der Waals surface area contributed by atoms with Crippen LogP contribution in [-0.2, 0) is 14.2 Å². The third kappa shape index (κ3) is 5.43. The molecule has 0 unspecified atom stereocenters. The molecule has 1 aromatic carbocycles. The van der Waals surface area contributed by atoms with Crippen molar-refractivity contribution in [1.29, 1.82) is 0 Å². The molecule has 14 nitrogen and oxygen atoms in total. The molecule has 0 spiro atoms. The Morgan fingerprint density at radius 1 is 0.889 bits per heavy atom. The Balaban J connectivity index is 1.76. The van der Waals surface area contributed by atoms with Crippen molar-refractivity contribution in [3.05, 3.63) is 17.2 Å². The molecule has 2 aliphatic rings. The number of ether oxygens (including phenoxy) is 5. The standard InChI is InChI=1S/C22H32O14/c1-7-9(4-10(32-3)13(8(2)24)14(7)25)34-22-20(31)18(29)16(27)12(36-22)6-33-21-19(30)17(28)15(26)11(5-23)35-21/h4,11-12,15-23,25-31H,5-6H2,1-3H3/t11-,12-,15-,16-,17+,18+,19-,20-,21-,22-/m1/s1. The molecule has 2 aliphatic heterocycles. The van der Waals surface area contributed by atoms with E-state index in [9.17, 15) is 45.6 Å². The molecule has 1 aromatic rings. The largest absolute Gasteiger partial charge is 0.507 e.